The Morgan fingerprint density at radius 1 is 1.44 bits per heavy atom. The lowest BCUT2D eigenvalue weighted by molar-refractivity contribution is 0.274. The molecule has 0 saturated heterocycles. The summed E-state index contributed by atoms with van der Waals surface area (Å²) in [6, 6.07) is 2.03. The molecule has 1 aliphatic rings. The van der Waals surface area contributed by atoms with Crippen LogP contribution in [0.15, 0.2) is 16.7 Å². The number of halogens is 1. The molecule has 2 nitrogen and oxygen atoms in total. The third-order valence-electron chi connectivity index (χ3n) is 3.97. The molecule has 2 rings (SSSR count). The lowest BCUT2D eigenvalue weighted by atomic mass is 9.81. The van der Waals surface area contributed by atoms with Gasteiger partial charge < -0.3 is 5.32 Å². The predicted molar refractivity (Wildman–Crippen MR) is 80.9 cm³/mol. The highest BCUT2D eigenvalue weighted by atomic mass is 79.9. The average Bonchev–Trinajstić information content (AvgIpc) is 2.35. The van der Waals surface area contributed by atoms with Gasteiger partial charge in [-0.3, -0.25) is 0 Å². The maximum atomic E-state index is 4.38. The Morgan fingerprint density at radius 2 is 2.28 bits per heavy atom. The summed E-state index contributed by atoms with van der Waals surface area (Å²) >= 11 is 3.59. The van der Waals surface area contributed by atoms with Gasteiger partial charge >= 0.3 is 0 Å². The van der Waals surface area contributed by atoms with E-state index in [0.29, 0.717) is 0 Å². The fourth-order valence-electron chi connectivity index (χ4n) is 2.88. The second-order valence-corrected chi connectivity index (χ2v) is 6.44. The van der Waals surface area contributed by atoms with Crippen LogP contribution in [0.5, 0.6) is 0 Å². The molecule has 2 unspecified atom stereocenters. The molecular weight excluding hydrogens is 288 g/mol. The highest BCUT2D eigenvalue weighted by Crippen LogP contribution is 2.31. The van der Waals surface area contributed by atoms with Crippen molar-refractivity contribution in [2.75, 3.05) is 11.9 Å². The van der Waals surface area contributed by atoms with Gasteiger partial charge in [0.2, 0.25) is 0 Å². The van der Waals surface area contributed by atoms with E-state index in [1.807, 2.05) is 12.3 Å². The molecule has 1 N–H and O–H groups in total. The van der Waals surface area contributed by atoms with Gasteiger partial charge in [-0.05, 0) is 59.2 Å². The number of pyridine rings is 1. The third-order valence-corrected chi connectivity index (χ3v) is 4.97. The van der Waals surface area contributed by atoms with Gasteiger partial charge in [0.05, 0.1) is 4.47 Å². The first-order chi connectivity index (χ1) is 8.66. The number of hydrogen-bond donors (Lipinski definition) is 1. The third kappa shape index (κ3) is 3.71. The highest BCUT2D eigenvalue weighted by Gasteiger charge is 2.18. The number of rotatable bonds is 4. The monoisotopic (exact) mass is 310 g/mol. The average molecular weight is 311 g/mol. The van der Waals surface area contributed by atoms with Gasteiger partial charge in [0.15, 0.2) is 0 Å². The second kappa shape index (κ2) is 6.55. The van der Waals surface area contributed by atoms with Gasteiger partial charge in [-0.2, -0.15) is 0 Å². The molecule has 0 spiro atoms. The van der Waals surface area contributed by atoms with Gasteiger partial charge in [0.1, 0.15) is 5.82 Å². The van der Waals surface area contributed by atoms with Gasteiger partial charge in [0, 0.05) is 12.7 Å². The van der Waals surface area contributed by atoms with Crippen LogP contribution in [0.2, 0.25) is 0 Å². The number of hydrogen-bond acceptors (Lipinski definition) is 2. The molecular formula is C15H23BrN2. The van der Waals surface area contributed by atoms with E-state index < -0.39 is 0 Å². The normalized spacial score (nSPS) is 23.9. The van der Waals surface area contributed by atoms with Crippen LogP contribution in [-0.2, 0) is 0 Å². The van der Waals surface area contributed by atoms with Crippen LogP contribution in [0.3, 0.4) is 0 Å². The Labute approximate surface area is 119 Å². The van der Waals surface area contributed by atoms with E-state index in [1.165, 1.54) is 37.7 Å². The van der Waals surface area contributed by atoms with Crippen LogP contribution < -0.4 is 5.32 Å². The largest absolute Gasteiger partial charge is 0.369 e. The molecule has 2 atom stereocenters. The Morgan fingerprint density at radius 3 is 3.06 bits per heavy atom. The molecule has 3 heteroatoms. The molecule has 0 amide bonds. The van der Waals surface area contributed by atoms with E-state index in [4.69, 9.17) is 0 Å². The Balaban J connectivity index is 1.79. The van der Waals surface area contributed by atoms with Crippen LogP contribution in [-0.4, -0.2) is 11.5 Å². The van der Waals surface area contributed by atoms with Crippen molar-refractivity contribution < 1.29 is 0 Å². The minimum atomic E-state index is 0.907. The van der Waals surface area contributed by atoms with Crippen molar-refractivity contribution >= 4 is 21.7 Å². The van der Waals surface area contributed by atoms with Crippen molar-refractivity contribution in [1.82, 2.24) is 4.98 Å². The molecule has 1 aromatic heterocycles. The van der Waals surface area contributed by atoms with E-state index in [0.717, 1.165) is 28.7 Å². The van der Waals surface area contributed by atoms with Crippen molar-refractivity contribution in [1.29, 1.82) is 0 Å². The summed E-state index contributed by atoms with van der Waals surface area (Å²) in [6.45, 7) is 5.52. The lowest BCUT2D eigenvalue weighted by Gasteiger charge is -2.26. The SMILES string of the molecule is Cc1ccnc(NCCC2CCCC(C)C2)c1Br. The Hall–Kier alpha value is -0.570. The summed E-state index contributed by atoms with van der Waals surface area (Å²) in [7, 11) is 0. The fourth-order valence-corrected chi connectivity index (χ4v) is 3.25. The van der Waals surface area contributed by atoms with Crippen LogP contribution in [0, 0.1) is 18.8 Å². The van der Waals surface area contributed by atoms with Gasteiger partial charge in [-0.15, -0.1) is 0 Å². The van der Waals surface area contributed by atoms with E-state index in [2.05, 4.69) is 40.1 Å². The molecule has 0 aliphatic heterocycles. The minimum absolute atomic E-state index is 0.907. The molecule has 18 heavy (non-hydrogen) atoms. The quantitative estimate of drug-likeness (QED) is 0.865. The number of nitrogens with zero attached hydrogens (tertiary/aromatic N) is 1. The summed E-state index contributed by atoms with van der Waals surface area (Å²) < 4.78 is 1.10. The molecule has 1 aromatic rings. The lowest BCUT2D eigenvalue weighted by Crippen LogP contribution is -2.17. The standard InChI is InChI=1S/C15H23BrN2/c1-11-4-3-5-13(10-11)7-9-18-15-14(16)12(2)6-8-17-15/h6,8,11,13H,3-5,7,9-10H2,1-2H3,(H,17,18). The molecule has 1 heterocycles. The first-order valence-corrected chi connectivity index (χ1v) is 7.81. The molecule has 0 radical (unpaired) electrons. The molecule has 1 aliphatic carbocycles. The smallest absolute Gasteiger partial charge is 0.140 e. The summed E-state index contributed by atoms with van der Waals surface area (Å²) in [5.74, 6) is 2.82. The van der Waals surface area contributed by atoms with Gasteiger partial charge in [0.25, 0.3) is 0 Å². The van der Waals surface area contributed by atoms with Crippen molar-refractivity contribution in [2.24, 2.45) is 11.8 Å². The molecule has 100 valence electrons. The van der Waals surface area contributed by atoms with Crippen LogP contribution in [0.1, 0.15) is 44.6 Å². The van der Waals surface area contributed by atoms with Crippen molar-refractivity contribution in [3.8, 4) is 0 Å². The van der Waals surface area contributed by atoms with Gasteiger partial charge in [-0.1, -0.05) is 26.2 Å². The summed E-state index contributed by atoms with van der Waals surface area (Å²) in [5.41, 5.74) is 1.23. The molecule has 0 aromatic carbocycles. The van der Waals surface area contributed by atoms with Crippen LogP contribution >= 0.6 is 15.9 Å². The van der Waals surface area contributed by atoms with E-state index in [9.17, 15) is 0 Å². The van der Waals surface area contributed by atoms with Gasteiger partial charge in [-0.25, -0.2) is 4.98 Å². The van der Waals surface area contributed by atoms with E-state index in [1.54, 1.807) is 0 Å². The zero-order valence-electron chi connectivity index (χ0n) is 11.4. The number of aromatic nitrogens is 1. The van der Waals surface area contributed by atoms with Crippen LogP contribution in [0.25, 0.3) is 0 Å². The molecule has 1 saturated carbocycles. The van der Waals surface area contributed by atoms with Crippen molar-refractivity contribution in [3.63, 3.8) is 0 Å². The highest BCUT2D eigenvalue weighted by molar-refractivity contribution is 9.10. The molecule has 0 bridgehead atoms. The van der Waals surface area contributed by atoms with Crippen LogP contribution in [0.4, 0.5) is 5.82 Å². The van der Waals surface area contributed by atoms with E-state index in [-0.39, 0.29) is 0 Å². The fraction of sp³-hybridized carbons (Fsp3) is 0.667. The minimum Gasteiger partial charge on any atom is -0.369 e. The topological polar surface area (TPSA) is 24.9 Å². The second-order valence-electron chi connectivity index (χ2n) is 5.64. The van der Waals surface area contributed by atoms with Crippen molar-refractivity contribution in [3.05, 3.63) is 22.3 Å². The zero-order chi connectivity index (χ0) is 13.0. The number of aryl methyl sites for hydroxylation is 1. The molecule has 1 fully saturated rings. The number of anilines is 1. The zero-order valence-corrected chi connectivity index (χ0v) is 13.0. The first kappa shape index (κ1) is 13.9. The Kier molecular flexibility index (Phi) is 5.04. The number of nitrogens with one attached hydrogen (secondary N) is 1. The maximum absolute atomic E-state index is 4.38. The summed E-state index contributed by atoms with van der Waals surface area (Å²) in [4.78, 5) is 4.38. The first-order valence-electron chi connectivity index (χ1n) is 7.01. The van der Waals surface area contributed by atoms with E-state index >= 15 is 0 Å². The summed E-state index contributed by atoms with van der Waals surface area (Å²) in [5, 5.41) is 3.46. The Bertz CT molecular complexity index is 392. The predicted octanol–water partition coefficient (Wildman–Crippen LogP) is 4.78. The summed E-state index contributed by atoms with van der Waals surface area (Å²) in [6.07, 6.45) is 8.79. The van der Waals surface area contributed by atoms with Crippen molar-refractivity contribution in [2.45, 2.75) is 46.0 Å². The maximum Gasteiger partial charge on any atom is 0.140 e.